The molecule has 0 amide bonds. The Morgan fingerprint density at radius 3 is 2.12 bits per heavy atom. The summed E-state index contributed by atoms with van der Waals surface area (Å²) in [5.41, 5.74) is 0.108. The summed E-state index contributed by atoms with van der Waals surface area (Å²) < 4.78 is 10.9. The van der Waals surface area contributed by atoms with Crippen LogP contribution in [0.15, 0.2) is 0 Å². The van der Waals surface area contributed by atoms with Gasteiger partial charge in [0.25, 0.3) is 0 Å². The second-order valence-electron chi connectivity index (χ2n) is 5.58. The van der Waals surface area contributed by atoms with E-state index in [0.717, 1.165) is 52.1 Å². The number of nitrogens with zero attached hydrogens (tertiary/aromatic N) is 1. The maximum absolute atomic E-state index is 9.53. The van der Waals surface area contributed by atoms with E-state index in [1.54, 1.807) is 0 Å². The molecule has 0 radical (unpaired) electrons. The SMILES string of the molecule is N#CC1(C2(C3CCOCC3)COC2)CCC1. The molecule has 3 aliphatic rings. The van der Waals surface area contributed by atoms with Gasteiger partial charge in [-0.3, -0.25) is 0 Å². The molecule has 2 saturated heterocycles. The van der Waals surface area contributed by atoms with Crippen molar-refractivity contribution in [2.75, 3.05) is 26.4 Å². The fraction of sp³-hybridized carbons (Fsp3) is 0.923. The van der Waals surface area contributed by atoms with Gasteiger partial charge in [0.15, 0.2) is 0 Å². The smallest absolute Gasteiger partial charge is 0.0697 e. The lowest BCUT2D eigenvalue weighted by Gasteiger charge is -2.60. The normalized spacial score (nSPS) is 32.2. The van der Waals surface area contributed by atoms with Crippen LogP contribution >= 0.6 is 0 Å². The largest absolute Gasteiger partial charge is 0.381 e. The highest BCUT2D eigenvalue weighted by Crippen LogP contribution is 2.61. The summed E-state index contributed by atoms with van der Waals surface area (Å²) in [6.07, 6.45) is 5.63. The molecule has 3 heteroatoms. The second-order valence-corrected chi connectivity index (χ2v) is 5.58. The van der Waals surface area contributed by atoms with E-state index in [2.05, 4.69) is 6.07 Å². The van der Waals surface area contributed by atoms with Crippen LogP contribution in [0.3, 0.4) is 0 Å². The maximum Gasteiger partial charge on any atom is 0.0697 e. The van der Waals surface area contributed by atoms with Crippen molar-refractivity contribution in [3.05, 3.63) is 0 Å². The molecule has 1 aliphatic carbocycles. The average Bonchev–Trinajstić information content (AvgIpc) is 2.22. The lowest BCUT2D eigenvalue weighted by molar-refractivity contribution is -0.230. The van der Waals surface area contributed by atoms with Crippen LogP contribution in [0.4, 0.5) is 0 Å². The third-order valence-electron chi connectivity index (χ3n) is 5.10. The third kappa shape index (κ3) is 1.20. The fourth-order valence-corrected chi connectivity index (χ4v) is 3.73. The summed E-state index contributed by atoms with van der Waals surface area (Å²) in [5.74, 6) is 0.648. The van der Waals surface area contributed by atoms with Gasteiger partial charge in [-0.2, -0.15) is 5.26 Å². The van der Waals surface area contributed by atoms with Crippen LogP contribution in [0.25, 0.3) is 0 Å². The highest BCUT2D eigenvalue weighted by molar-refractivity contribution is 5.18. The van der Waals surface area contributed by atoms with Crippen molar-refractivity contribution in [2.24, 2.45) is 16.7 Å². The van der Waals surface area contributed by atoms with Crippen molar-refractivity contribution in [1.29, 1.82) is 5.26 Å². The van der Waals surface area contributed by atoms with Crippen molar-refractivity contribution in [3.8, 4) is 6.07 Å². The quantitative estimate of drug-likeness (QED) is 0.717. The third-order valence-corrected chi connectivity index (χ3v) is 5.10. The van der Waals surface area contributed by atoms with Gasteiger partial charge in [-0.1, -0.05) is 6.42 Å². The molecule has 0 aromatic carbocycles. The molecular formula is C13H19NO2. The Morgan fingerprint density at radius 2 is 1.75 bits per heavy atom. The molecule has 0 N–H and O–H groups in total. The minimum atomic E-state index is -0.0622. The van der Waals surface area contributed by atoms with E-state index in [4.69, 9.17) is 9.47 Å². The van der Waals surface area contributed by atoms with Crippen LogP contribution in [-0.2, 0) is 9.47 Å². The number of hydrogen-bond acceptors (Lipinski definition) is 3. The van der Waals surface area contributed by atoms with Gasteiger partial charge in [0.2, 0.25) is 0 Å². The molecule has 3 rings (SSSR count). The Morgan fingerprint density at radius 1 is 1.06 bits per heavy atom. The fourth-order valence-electron chi connectivity index (χ4n) is 3.73. The predicted molar refractivity (Wildman–Crippen MR) is 58.7 cm³/mol. The van der Waals surface area contributed by atoms with Crippen molar-refractivity contribution in [1.82, 2.24) is 0 Å². The highest BCUT2D eigenvalue weighted by Gasteiger charge is 2.62. The van der Waals surface area contributed by atoms with Crippen molar-refractivity contribution >= 4 is 0 Å². The van der Waals surface area contributed by atoms with Gasteiger partial charge < -0.3 is 9.47 Å². The minimum Gasteiger partial charge on any atom is -0.381 e. The number of hydrogen-bond donors (Lipinski definition) is 0. The molecule has 0 atom stereocenters. The predicted octanol–water partition coefficient (Wildman–Crippen LogP) is 2.12. The van der Waals surface area contributed by atoms with E-state index in [0.29, 0.717) is 5.92 Å². The van der Waals surface area contributed by atoms with Gasteiger partial charge in [-0.05, 0) is 31.6 Å². The maximum atomic E-state index is 9.53. The zero-order valence-corrected chi connectivity index (χ0v) is 9.71. The first kappa shape index (κ1) is 10.6. The van der Waals surface area contributed by atoms with E-state index in [9.17, 15) is 5.26 Å². The summed E-state index contributed by atoms with van der Waals surface area (Å²) in [5, 5.41) is 9.53. The molecule has 0 unspecified atom stereocenters. The Bertz CT molecular complexity index is 306. The van der Waals surface area contributed by atoms with Crippen molar-refractivity contribution in [3.63, 3.8) is 0 Å². The zero-order valence-electron chi connectivity index (χ0n) is 9.71. The summed E-state index contributed by atoms with van der Waals surface area (Å²) in [4.78, 5) is 0. The number of ether oxygens (including phenoxy) is 2. The first-order valence-electron chi connectivity index (χ1n) is 6.40. The molecule has 0 bridgehead atoms. The number of nitriles is 1. The second kappa shape index (κ2) is 3.72. The first-order chi connectivity index (χ1) is 7.83. The molecule has 16 heavy (non-hydrogen) atoms. The van der Waals surface area contributed by atoms with Crippen LogP contribution < -0.4 is 0 Å². The Balaban J connectivity index is 1.84. The van der Waals surface area contributed by atoms with Crippen LogP contribution in [-0.4, -0.2) is 26.4 Å². The van der Waals surface area contributed by atoms with E-state index >= 15 is 0 Å². The summed E-state index contributed by atoms with van der Waals surface area (Å²) in [7, 11) is 0. The van der Waals surface area contributed by atoms with Crippen molar-refractivity contribution in [2.45, 2.75) is 32.1 Å². The van der Waals surface area contributed by atoms with E-state index in [-0.39, 0.29) is 10.8 Å². The average molecular weight is 221 g/mol. The van der Waals surface area contributed by atoms with E-state index < -0.39 is 0 Å². The van der Waals surface area contributed by atoms with E-state index in [1.807, 2.05) is 0 Å². The summed E-state index contributed by atoms with van der Waals surface area (Å²) in [6, 6.07) is 2.63. The first-order valence-corrected chi connectivity index (χ1v) is 6.40. The van der Waals surface area contributed by atoms with Crippen LogP contribution in [0, 0.1) is 28.1 Å². The molecule has 88 valence electrons. The minimum absolute atomic E-state index is 0.0622. The summed E-state index contributed by atoms with van der Waals surface area (Å²) >= 11 is 0. The van der Waals surface area contributed by atoms with Crippen LogP contribution in [0.2, 0.25) is 0 Å². The van der Waals surface area contributed by atoms with Crippen LogP contribution in [0.1, 0.15) is 32.1 Å². The highest BCUT2D eigenvalue weighted by atomic mass is 16.5. The molecule has 2 heterocycles. The monoisotopic (exact) mass is 221 g/mol. The lowest BCUT2D eigenvalue weighted by Crippen LogP contribution is -2.62. The van der Waals surface area contributed by atoms with Crippen molar-refractivity contribution < 1.29 is 9.47 Å². The molecule has 2 aliphatic heterocycles. The zero-order chi connectivity index (χ0) is 11.1. The lowest BCUT2D eigenvalue weighted by atomic mass is 9.47. The summed E-state index contributed by atoms with van der Waals surface area (Å²) in [6.45, 7) is 3.36. The van der Waals surface area contributed by atoms with Gasteiger partial charge >= 0.3 is 0 Å². The van der Waals surface area contributed by atoms with Gasteiger partial charge in [0.1, 0.15) is 0 Å². The molecule has 0 aromatic heterocycles. The molecular weight excluding hydrogens is 202 g/mol. The molecule has 1 saturated carbocycles. The Kier molecular flexibility index (Phi) is 2.45. The Labute approximate surface area is 96.7 Å². The standard InChI is InChI=1S/C13H19NO2/c14-8-12(4-1-5-12)13(9-16-10-13)11-2-6-15-7-3-11/h11H,1-7,9-10H2. The topological polar surface area (TPSA) is 42.2 Å². The molecule has 0 aromatic rings. The molecule has 3 nitrogen and oxygen atoms in total. The Hall–Kier alpha value is -0.590. The van der Waals surface area contributed by atoms with Gasteiger partial charge in [0.05, 0.1) is 24.7 Å². The van der Waals surface area contributed by atoms with E-state index in [1.165, 1.54) is 6.42 Å². The van der Waals surface area contributed by atoms with Gasteiger partial charge in [-0.25, -0.2) is 0 Å². The van der Waals surface area contributed by atoms with Crippen LogP contribution in [0.5, 0.6) is 0 Å². The number of rotatable bonds is 2. The molecule has 3 fully saturated rings. The van der Waals surface area contributed by atoms with Gasteiger partial charge in [-0.15, -0.1) is 0 Å². The molecule has 0 spiro atoms. The van der Waals surface area contributed by atoms with Gasteiger partial charge in [0, 0.05) is 18.6 Å².